The number of carbonyl (C=O) groups excluding carboxylic acids is 1. The topological polar surface area (TPSA) is 66.5 Å². The van der Waals surface area contributed by atoms with Crippen LogP contribution in [0.25, 0.3) is 0 Å². The molecule has 0 saturated heterocycles. The van der Waals surface area contributed by atoms with Crippen molar-refractivity contribution in [3.05, 3.63) is 57.6 Å². The summed E-state index contributed by atoms with van der Waals surface area (Å²) in [6.07, 6.45) is 1.29. The molecule has 2 aromatic carbocycles. The van der Waals surface area contributed by atoms with E-state index in [1.54, 1.807) is 19.1 Å². The van der Waals surface area contributed by atoms with Gasteiger partial charge in [-0.25, -0.2) is 8.42 Å². The highest BCUT2D eigenvalue weighted by Crippen LogP contribution is 2.33. The van der Waals surface area contributed by atoms with Gasteiger partial charge in [-0.05, 0) is 61.7 Å². The molecule has 5 nitrogen and oxygen atoms in total. The molecule has 0 spiro atoms. The first kappa shape index (κ1) is 21.5. The molecule has 2 rings (SSSR count). The zero-order valence-corrected chi connectivity index (χ0v) is 17.9. The van der Waals surface area contributed by atoms with Gasteiger partial charge >= 0.3 is 0 Å². The zero-order chi connectivity index (χ0) is 20.4. The van der Waals surface area contributed by atoms with E-state index in [4.69, 9.17) is 23.2 Å². The lowest BCUT2D eigenvalue weighted by Crippen LogP contribution is -2.47. The van der Waals surface area contributed by atoms with Gasteiger partial charge in [0.05, 0.1) is 17.0 Å². The van der Waals surface area contributed by atoms with Gasteiger partial charge in [0.25, 0.3) is 0 Å². The molecule has 8 heteroatoms. The van der Waals surface area contributed by atoms with Crippen LogP contribution in [0.4, 0.5) is 11.4 Å². The lowest BCUT2D eigenvalue weighted by Gasteiger charge is -2.30. The van der Waals surface area contributed by atoms with E-state index < -0.39 is 22.0 Å². The number of nitrogens with zero attached hydrogens (tertiary/aromatic N) is 1. The molecule has 0 saturated carbocycles. The monoisotopic (exact) mass is 428 g/mol. The molecule has 0 aromatic heterocycles. The number of aryl methyl sites for hydroxylation is 2. The summed E-state index contributed by atoms with van der Waals surface area (Å²) in [4.78, 5) is 12.9. The Morgan fingerprint density at radius 3 is 2.33 bits per heavy atom. The van der Waals surface area contributed by atoms with Crippen molar-refractivity contribution in [1.82, 2.24) is 0 Å². The molecule has 1 unspecified atom stereocenters. The Hall–Kier alpha value is -1.76. The molecule has 0 fully saturated rings. The Morgan fingerprint density at radius 1 is 1.11 bits per heavy atom. The number of anilines is 2. The Bertz CT molecular complexity index is 961. The number of carbonyl (C=O) groups is 1. The third-order valence-corrected chi connectivity index (χ3v) is 5.97. The SMILES string of the molecule is CCC(C(=O)Nc1ccc(C)c(C)c1)N(c1cc(Cl)ccc1Cl)S(C)(=O)=O. The summed E-state index contributed by atoms with van der Waals surface area (Å²) < 4.78 is 26.0. The minimum Gasteiger partial charge on any atom is -0.324 e. The number of amides is 1. The molecule has 2 aromatic rings. The third kappa shape index (κ3) is 5.15. The average Bonchev–Trinajstić information content (AvgIpc) is 2.57. The Labute approximate surface area is 170 Å². The van der Waals surface area contributed by atoms with Crippen molar-refractivity contribution in [1.29, 1.82) is 0 Å². The van der Waals surface area contributed by atoms with Gasteiger partial charge < -0.3 is 5.32 Å². The normalized spacial score (nSPS) is 12.5. The van der Waals surface area contributed by atoms with Crippen LogP contribution in [0, 0.1) is 13.8 Å². The van der Waals surface area contributed by atoms with Crippen molar-refractivity contribution in [2.24, 2.45) is 0 Å². The van der Waals surface area contributed by atoms with Crippen LogP contribution in [-0.2, 0) is 14.8 Å². The summed E-state index contributed by atoms with van der Waals surface area (Å²) in [5, 5.41) is 3.32. The fourth-order valence-electron chi connectivity index (χ4n) is 2.73. The first-order chi connectivity index (χ1) is 12.5. The molecular formula is C19H22Cl2N2O3S. The standard InChI is InChI=1S/C19H22Cl2N2O3S/c1-5-17(19(24)22-15-8-6-12(2)13(3)10-15)23(27(4,25)26)18-11-14(20)7-9-16(18)21/h6-11,17H,5H2,1-4H3,(H,22,24). The molecule has 1 amide bonds. The van der Waals surface area contributed by atoms with Crippen molar-refractivity contribution in [3.8, 4) is 0 Å². The number of sulfonamides is 1. The number of rotatable bonds is 6. The van der Waals surface area contributed by atoms with Crippen LogP contribution >= 0.6 is 23.2 Å². The van der Waals surface area contributed by atoms with Crippen LogP contribution in [-0.4, -0.2) is 26.6 Å². The van der Waals surface area contributed by atoms with Crippen LogP contribution in [0.1, 0.15) is 24.5 Å². The highest BCUT2D eigenvalue weighted by molar-refractivity contribution is 7.92. The van der Waals surface area contributed by atoms with Gasteiger partial charge in [0.1, 0.15) is 6.04 Å². The first-order valence-electron chi connectivity index (χ1n) is 8.37. The van der Waals surface area contributed by atoms with Crippen LogP contribution in [0.5, 0.6) is 0 Å². The Morgan fingerprint density at radius 2 is 1.78 bits per heavy atom. The maximum Gasteiger partial charge on any atom is 0.248 e. The first-order valence-corrected chi connectivity index (χ1v) is 11.0. The lowest BCUT2D eigenvalue weighted by atomic mass is 10.1. The minimum absolute atomic E-state index is 0.175. The summed E-state index contributed by atoms with van der Waals surface area (Å²) in [6.45, 7) is 5.65. The van der Waals surface area contributed by atoms with Gasteiger partial charge in [-0.1, -0.05) is 36.2 Å². The van der Waals surface area contributed by atoms with E-state index in [0.717, 1.165) is 21.7 Å². The second kappa shape index (κ2) is 8.50. The molecule has 0 aliphatic carbocycles. The number of nitrogens with one attached hydrogen (secondary N) is 1. The maximum atomic E-state index is 12.9. The molecule has 0 bridgehead atoms. The van der Waals surface area contributed by atoms with Gasteiger partial charge in [-0.3, -0.25) is 9.10 Å². The highest BCUT2D eigenvalue weighted by atomic mass is 35.5. The predicted molar refractivity (Wildman–Crippen MR) is 112 cm³/mol. The van der Waals surface area contributed by atoms with Crippen molar-refractivity contribution >= 4 is 50.5 Å². The Balaban J connectivity index is 2.44. The van der Waals surface area contributed by atoms with E-state index in [1.807, 2.05) is 26.0 Å². The molecule has 1 N–H and O–H groups in total. The number of halogens is 2. The largest absolute Gasteiger partial charge is 0.324 e. The molecule has 1 atom stereocenters. The Kier molecular flexibility index (Phi) is 6.78. The summed E-state index contributed by atoms with van der Waals surface area (Å²) in [5.41, 5.74) is 2.91. The van der Waals surface area contributed by atoms with E-state index in [9.17, 15) is 13.2 Å². The molecule has 0 radical (unpaired) electrons. The molecular weight excluding hydrogens is 407 g/mol. The van der Waals surface area contributed by atoms with E-state index >= 15 is 0 Å². The minimum atomic E-state index is -3.79. The number of hydrogen-bond acceptors (Lipinski definition) is 3. The van der Waals surface area contributed by atoms with Crippen molar-refractivity contribution in [3.63, 3.8) is 0 Å². The zero-order valence-electron chi connectivity index (χ0n) is 15.6. The fraction of sp³-hybridized carbons (Fsp3) is 0.316. The highest BCUT2D eigenvalue weighted by Gasteiger charge is 2.33. The van der Waals surface area contributed by atoms with Crippen molar-refractivity contribution in [2.75, 3.05) is 15.9 Å². The van der Waals surface area contributed by atoms with E-state index in [0.29, 0.717) is 10.7 Å². The van der Waals surface area contributed by atoms with Crippen LogP contribution < -0.4 is 9.62 Å². The fourth-order valence-corrected chi connectivity index (χ4v) is 4.38. The summed E-state index contributed by atoms with van der Waals surface area (Å²) in [5.74, 6) is -0.442. The average molecular weight is 429 g/mol. The van der Waals surface area contributed by atoms with Gasteiger partial charge in [0.15, 0.2) is 0 Å². The van der Waals surface area contributed by atoms with E-state index in [-0.39, 0.29) is 17.1 Å². The molecule has 0 aliphatic rings. The van der Waals surface area contributed by atoms with Gasteiger partial charge in [0.2, 0.25) is 15.9 Å². The van der Waals surface area contributed by atoms with Crippen LogP contribution in [0.15, 0.2) is 36.4 Å². The summed E-state index contributed by atoms with van der Waals surface area (Å²) >= 11 is 12.2. The third-order valence-electron chi connectivity index (χ3n) is 4.25. The summed E-state index contributed by atoms with van der Waals surface area (Å²) in [7, 11) is -3.79. The number of hydrogen-bond donors (Lipinski definition) is 1. The summed E-state index contributed by atoms with van der Waals surface area (Å²) in [6, 6.07) is 9.05. The van der Waals surface area contributed by atoms with Gasteiger partial charge in [-0.2, -0.15) is 0 Å². The molecule has 0 aliphatic heterocycles. The van der Waals surface area contributed by atoms with E-state index in [1.165, 1.54) is 12.1 Å². The predicted octanol–water partition coefficient (Wildman–Crippen LogP) is 4.79. The van der Waals surface area contributed by atoms with Crippen LogP contribution in [0.3, 0.4) is 0 Å². The molecule has 146 valence electrons. The van der Waals surface area contributed by atoms with Gasteiger partial charge in [-0.15, -0.1) is 0 Å². The lowest BCUT2D eigenvalue weighted by molar-refractivity contribution is -0.117. The second-order valence-corrected chi connectivity index (χ2v) is 9.07. The van der Waals surface area contributed by atoms with Crippen molar-refractivity contribution < 1.29 is 13.2 Å². The maximum absolute atomic E-state index is 12.9. The van der Waals surface area contributed by atoms with Crippen molar-refractivity contribution in [2.45, 2.75) is 33.2 Å². The molecule has 27 heavy (non-hydrogen) atoms. The quantitative estimate of drug-likeness (QED) is 0.718. The van der Waals surface area contributed by atoms with Crippen LogP contribution in [0.2, 0.25) is 10.0 Å². The van der Waals surface area contributed by atoms with Gasteiger partial charge in [0, 0.05) is 10.7 Å². The number of benzene rings is 2. The van der Waals surface area contributed by atoms with E-state index in [2.05, 4.69) is 5.32 Å². The second-order valence-electron chi connectivity index (χ2n) is 6.37. The molecule has 0 heterocycles. The smallest absolute Gasteiger partial charge is 0.248 e.